The minimum atomic E-state index is 0.647. The largest absolute Gasteiger partial charge is 0.397 e. The number of hydrogen-bond acceptors (Lipinski definition) is 3. The summed E-state index contributed by atoms with van der Waals surface area (Å²) in [5.74, 6) is 6.03. The minimum Gasteiger partial charge on any atom is -0.397 e. The molecule has 0 radical (unpaired) electrons. The van der Waals surface area contributed by atoms with Gasteiger partial charge in [0.1, 0.15) is 0 Å². The van der Waals surface area contributed by atoms with E-state index in [0.29, 0.717) is 12.2 Å². The van der Waals surface area contributed by atoms with Crippen LogP contribution in [0.3, 0.4) is 0 Å². The fraction of sp³-hybridized carbons (Fsp3) is 0.143. The highest BCUT2D eigenvalue weighted by atomic mass is 15.4. The Morgan fingerprint density at radius 3 is 2.41 bits per heavy atom. The Morgan fingerprint density at radius 2 is 1.76 bits per heavy atom. The number of aryl methyl sites for hydroxylation is 1. The Kier molecular flexibility index (Phi) is 3.30. The first-order valence-electron chi connectivity index (χ1n) is 5.59. The predicted molar refractivity (Wildman–Crippen MR) is 72.4 cm³/mol. The molecule has 2 rings (SSSR count). The molecule has 0 heterocycles. The number of hydrazine groups is 1. The lowest BCUT2D eigenvalue weighted by atomic mass is 10.1. The average Bonchev–Trinajstić information content (AvgIpc) is 2.30. The summed E-state index contributed by atoms with van der Waals surface area (Å²) < 4.78 is 0. The number of nitrogens with two attached hydrogens (primary N) is 2. The van der Waals surface area contributed by atoms with Crippen LogP contribution in [0.2, 0.25) is 0 Å². The molecule has 3 nitrogen and oxygen atoms in total. The summed E-state index contributed by atoms with van der Waals surface area (Å²) in [6.45, 7) is 2.66. The number of benzene rings is 2. The molecule has 88 valence electrons. The maximum absolute atomic E-state index is 6.03. The quantitative estimate of drug-likeness (QED) is 0.481. The average molecular weight is 227 g/mol. The lowest BCUT2D eigenvalue weighted by Crippen LogP contribution is -2.30. The zero-order valence-electron chi connectivity index (χ0n) is 9.93. The number of nitrogen functional groups attached to an aromatic ring is 1. The van der Waals surface area contributed by atoms with Crippen molar-refractivity contribution < 1.29 is 0 Å². The Labute approximate surface area is 102 Å². The second-order valence-electron chi connectivity index (χ2n) is 4.18. The molecule has 0 saturated heterocycles. The SMILES string of the molecule is Cc1ccc(N(N)Cc2ccccc2)c(N)c1. The highest BCUT2D eigenvalue weighted by Gasteiger charge is 2.06. The maximum Gasteiger partial charge on any atom is 0.0750 e. The first kappa shape index (κ1) is 11.5. The first-order valence-corrected chi connectivity index (χ1v) is 5.59. The number of rotatable bonds is 3. The molecule has 2 aromatic rings. The van der Waals surface area contributed by atoms with Crippen LogP contribution in [0.25, 0.3) is 0 Å². The fourth-order valence-corrected chi connectivity index (χ4v) is 1.80. The van der Waals surface area contributed by atoms with E-state index in [1.54, 1.807) is 5.01 Å². The van der Waals surface area contributed by atoms with Crippen molar-refractivity contribution in [3.8, 4) is 0 Å². The van der Waals surface area contributed by atoms with Gasteiger partial charge in [0.15, 0.2) is 0 Å². The van der Waals surface area contributed by atoms with Crippen LogP contribution in [0.1, 0.15) is 11.1 Å². The summed E-state index contributed by atoms with van der Waals surface area (Å²) in [6, 6.07) is 16.0. The van der Waals surface area contributed by atoms with Crippen LogP contribution in [0.5, 0.6) is 0 Å². The first-order chi connectivity index (χ1) is 8.16. The van der Waals surface area contributed by atoms with Crippen LogP contribution in [-0.4, -0.2) is 0 Å². The Balaban J connectivity index is 2.17. The van der Waals surface area contributed by atoms with Gasteiger partial charge in [0.2, 0.25) is 0 Å². The van der Waals surface area contributed by atoms with E-state index in [4.69, 9.17) is 11.6 Å². The van der Waals surface area contributed by atoms with Crippen LogP contribution in [-0.2, 0) is 6.54 Å². The van der Waals surface area contributed by atoms with E-state index in [1.807, 2.05) is 55.5 Å². The summed E-state index contributed by atoms with van der Waals surface area (Å²) in [5, 5.41) is 1.67. The molecule has 0 fully saturated rings. The van der Waals surface area contributed by atoms with Crippen molar-refractivity contribution in [3.05, 3.63) is 59.7 Å². The monoisotopic (exact) mass is 227 g/mol. The molecule has 0 amide bonds. The lowest BCUT2D eigenvalue weighted by molar-refractivity contribution is 0.854. The molecule has 17 heavy (non-hydrogen) atoms. The van der Waals surface area contributed by atoms with Gasteiger partial charge in [-0.1, -0.05) is 36.4 Å². The van der Waals surface area contributed by atoms with Crippen molar-refractivity contribution in [2.45, 2.75) is 13.5 Å². The standard InChI is InChI=1S/C14H17N3/c1-11-7-8-14(13(15)9-11)17(16)10-12-5-3-2-4-6-12/h2-9H,10,15-16H2,1H3. The van der Waals surface area contributed by atoms with Crippen molar-refractivity contribution in [3.63, 3.8) is 0 Å². The van der Waals surface area contributed by atoms with Gasteiger partial charge in [-0.25, -0.2) is 5.84 Å². The summed E-state index contributed by atoms with van der Waals surface area (Å²) in [4.78, 5) is 0. The Morgan fingerprint density at radius 1 is 1.06 bits per heavy atom. The fourth-order valence-electron chi connectivity index (χ4n) is 1.80. The van der Waals surface area contributed by atoms with E-state index in [9.17, 15) is 0 Å². The van der Waals surface area contributed by atoms with Crippen LogP contribution in [0.4, 0.5) is 11.4 Å². The van der Waals surface area contributed by atoms with Gasteiger partial charge in [0.05, 0.1) is 17.9 Å². The normalized spacial score (nSPS) is 10.2. The second-order valence-corrected chi connectivity index (χ2v) is 4.18. The topological polar surface area (TPSA) is 55.3 Å². The van der Waals surface area contributed by atoms with Crippen LogP contribution in [0.15, 0.2) is 48.5 Å². The molecule has 0 bridgehead atoms. The van der Waals surface area contributed by atoms with E-state index < -0.39 is 0 Å². The predicted octanol–water partition coefficient (Wildman–Crippen LogP) is 2.46. The maximum atomic E-state index is 6.03. The second kappa shape index (κ2) is 4.89. The number of anilines is 2. The van der Waals surface area contributed by atoms with Gasteiger partial charge in [-0.05, 0) is 30.2 Å². The molecule has 0 aliphatic heterocycles. The molecule has 0 saturated carbocycles. The molecule has 0 atom stereocenters. The molecule has 4 N–H and O–H groups in total. The van der Waals surface area contributed by atoms with Gasteiger partial charge in [-0.2, -0.15) is 0 Å². The molecule has 0 aliphatic carbocycles. The van der Waals surface area contributed by atoms with Crippen molar-refractivity contribution in [1.29, 1.82) is 0 Å². The van der Waals surface area contributed by atoms with Gasteiger partial charge in [-0.15, -0.1) is 0 Å². The minimum absolute atomic E-state index is 0.647. The van der Waals surface area contributed by atoms with Crippen LogP contribution >= 0.6 is 0 Å². The molecule has 0 spiro atoms. The van der Waals surface area contributed by atoms with Crippen LogP contribution < -0.4 is 16.6 Å². The Bertz CT molecular complexity index is 494. The van der Waals surface area contributed by atoms with Crippen molar-refractivity contribution >= 4 is 11.4 Å². The molecule has 2 aromatic carbocycles. The van der Waals surface area contributed by atoms with Crippen molar-refractivity contribution in [1.82, 2.24) is 0 Å². The van der Waals surface area contributed by atoms with Crippen LogP contribution in [0, 0.1) is 6.92 Å². The molecular weight excluding hydrogens is 210 g/mol. The highest BCUT2D eigenvalue weighted by Crippen LogP contribution is 2.23. The number of hydrogen-bond donors (Lipinski definition) is 2. The third kappa shape index (κ3) is 2.77. The van der Waals surface area contributed by atoms with E-state index in [1.165, 1.54) is 0 Å². The van der Waals surface area contributed by atoms with Gasteiger partial charge in [-0.3, -0.25) is 0 Å². The van der Waals surface area contributed by atoms with Crippen molar-refractivity contribution in [2.24, 2.45) is 5.84 Å². The molecule has 3 heteroatoms. The van der Waals surface area contributed by atoms with E-state index in [-0.39, 0.29) is 0 Å². The summed E-state index contributed by atoms with van der Waals surface area (Å²) >= 11 is 0. The Hall–Kier alpha value is -2.00. The third-order valence-corrected chi connectivity index (χ3v) is 2.69. The third-order valence-electron chi connectivity index (χ3n) is 2.69. The lowest BCUT2D eigenvalue weighted by Gasteiger charge is -2.20. The van der Waals surface area contributed by atoms with Gasteiger partial charge in [0, 0.05) is 0 Å². The molecule has 0 aromatic heterocycles. The zero-order valence-corrected chi connectivity index (χ0v) is 9.93. The van der Waals surface area contributed by atoms with E-state index >= 15 is 0 Å². The molecule has 0 unspecified atom stereocenters. The summed E-state index contributed by atoms with van der Waals surface area (Å²) in [5.41, 5.74) is 9.83. The van der Waals surface area contributed by atoms with Gasteiger partial charge < -0.3 is 10.7 Å². The van der Waals surface area contributed by atoms with E-state index in [0.717, 1.165) is 16.8 Å². The molecular formula is C14H17N3. The smallest absolute Gasteiger partial charge is 0.0750 e. The summed E-state index contributed by atoms with van der Waals surface area (Å²) in [6.07, 6.45) is 0. The van der Waals surface area contributed by atoms with E-state index in [2.05, 4.69) is 0 Å². The highest BCUT2D eigenvalue weighted by molar-refractivity contribution is 5.67. The van der Waals surface area contributed by atoms with Gasteiger partial charge >= 0.3 is 0 Å². The molecule has 0 aliphatic rings. The van der Waals surface area contributed by atoms with Crippen molar-refractivity contribution in [2.75, 3.05) is 10.7 Å². The summed E-state index contributed by atoms with van der Waals surface area (Å²) in [7, 11) is 0. The van der Waals surface area contributed by atoms with Gasteiger partial charge in [0.25, 0.3) is 0 Å². The number of nitrogens with zero attached hydrogens (tertiary/aromatic N) is 1. The zero-order chi connectivity index (χ0) is 12.3.